The van der Waals surface area contributed by atoms with E-state index in [0.29, 0.717) is 0 Å². The summed E-state index contributed by atoms with van der Waals surface area (Å²) in [7, 11) is 2.05. The highest BCUT2D eigenvalue weighted by molar-refractivity contribution is 5.79. The van der Waals surface area contributed by atoms with Crippen LogP contribution >= 0.6 is 0 Å². The molecule has 1 aromatic carbocycles. The number of aryl methyl sites for hydroxylation is 1. The van der Waals surface area contributed by atoms with E-state index in [2.05, 4.69) is 44.1 Å². The van der Waals surface area contributed by atoms with Crippen LogP contribution < -0.4 is 5.32 Å². The predicted octanol–water partition coefficient (Wildman–Crippen LogP) is 3.70. The summed E-state index contributed by atoms with van der Waals surface area (Å²) in [5.74, 6) is 1.82. The number of benzene rings is 1. The van der Waals surface area contributed by atoms with Gasteiger partial charge in [0.05, 0.1) is 11.7 Å². The van der Waals surface area contributed by atoms with Crippen LogP contribution in [-0.2, 0) is 13.5 Å². The average Bonchev–Trinajstić information content (AvgIpc) is 2.93. The van der Waals surface area contributed by atoms with Gasteiger partial charge in [-0.05, 0) is 17.7 Å². The van der Waals surface area contributed by atoms with Gasteiger partial charge in [0.1, 0.15) is 17.2 Å². The molecule has 0 saturated heterocycles. The van der Waals surface area contributed by atoms with E-state index in [9.17, 15) is 0 Å². The molecule has 0 aliphatic heterocycles. The molecule has 0 amide bonds. The first kappa shape index (κ1) is 14.4. The van der Waals surface area contributed by atoms with Gasteiger partial charge in [0.25, 0.3) is 0 Å². The maximum atomic E-state index is 4.72. The molecule has 0 bridgehead atoms. The summed E-state index contributed by atoms with van der Waals surface area (Å²) in [6, 6.07) is 16.2. The normalized spacial score (nSPS) is 10.9. The summed E-state index contributed by atoms with van der Waals surface area (Å²) in [5.41, 5.74) is 4.18. The van der Waals surface area contributed by atoms with Gasteiger partial charge in [-0.3, -0.25) is 4.98 Å². The van der Waals surface area contributed by atoms with Crippen molar-refractivity contribution in [1.82, 2.24) is 19.5 Å². The molecule has 3 aromatic heterocycles. The van der Waals surface area contributed by atoms with E-state index in [1.54, 1.807) is 12.4 Å². The van der Waals surface area contributed by atoms with Crippen LogP contribution in [0.25, 0.3) is 11.0 Å². The number of imidazole rings is 1. The highest BCUT2D eigenvalue weighted by atomic mass is 15.1. The van der Waals surface area contributed by atoms with Crippen molar-refractivity contribution in [2.24, 2.45) is 7.05 Å². The Bertz CT molecular complexity index is 961. The van der Waals surface area contributed by atoms with Crippen molar-refractivity contribution in [3.8, 4) is 0 Å². The first-order chi connectivity index (χ1) is 11.8. The number of hydrogen-bond donors (Lipinski definition) is 1. The third-order valence-electron chi connectivity index (χ3n) is 4.02. The first-order valence-electron chi connectivity index (χ1n) is 7.82. The van der Waals surface area contributed by atoms with Gasteiger partial charge in [-0.25, -0.2) is 9.97 Å². The summed E-state index contributed by atoms with van der Waals surface area (Å²) in [5, 5.41) is 3.29. The molecule has 5 heteroatoms. The Labute approximate surface area is 140 Å². The molecule has 118 valence electrons. The second-order valence-corrected chi connectivity index (χ2v) is 5.67. The minimum atomic E-state index is 0.794. The second kappa shape index (κ2) is 6.12. The highest BCUT2D eigenvalue weighted by Crippen LogP contribution is 2.21. The lowest BCUT2D eigenvalue weighted by atomic mass is 10.1. The van der Waals surface area contributed by atoms with Gasteiger partial charge in [0.15, 0.2) is 0 Å². The molecule has 1 N–H and O–H groups in total. The number of rotatable bonds is 4. The van der Waals surface area contributed by atoms with Gasteiger partial charge < -0.3 is 9.88 Å². The lowest BCUT2D eigenvalue weighted by molar-refractivity contribution is 0.845. The summed E-state index contributed by atoms with van der Waals surface area (Å²) in [4.78, 5) is 13.2. The number of nitrogens with zero attached hydrogens (tertiary/aromatic N) is 4. The number of fused-ring (bicyclic) bond motifs is 1. The maximum Gasteiger partial charge on any atom is 0.132 e. The Hall–Kier alpha value is -3.21. The van der Waals surface area contributed by atoms with E-state index in [4.69, 9.17) is 4.98 Å². The Balaban J connectivity index is 1.66. The molecule has 0 spiro atoms. The predicted molar refractivity (Wildman–Crippen MR) is 95.3 cm³/mol. The summed E-state index contributed by atoms with van der Waals surface area (Å²) >= 11 is 0. The van der Waals surface area contributed by atoms with Gasteiger partial charge in [-0.1, -0.05) is 30.3 Å². The van der Waals surface area contributed by atoms with E-state index in [1.165, 1.54) is 5.56 Å². The molecule has 0 aliphatic carbocycles. The lowest BCUT2D eigenvalue weighted by Gasteiger charge is -2.06. The first-order valence-corrected chi connectivity index (χ1v) is 7.82. The van der Waals surface area contributed by atoms with Gasteiger partial charge in [0, 0.05) is 37.6 Å². The van der Waals surface area contributed by atoms with E-state index < -0.39 is 0 Å². The van der Waals surface area contributed by atoms with E-state index in [0.717, 1.165) is 34.8 Å². The molecule has 4 rings (SSSR count). The van der Waals surface area contributed by atoms with Crippen LogP contribution in [0.1, 0.15) is 11.4 Å². The molecule has 0 fully saturated rings. The summed E-state index contributed by atoms with van der Waals surface area (Å²) in [6.07, 6.45) is 6.12. The van der Waals surface area contributed by atoms with Crippen molar-refractivity contribution in [3.05, 3.63) is 78.5 Å². The third kappa shape index (κ3) is 2.84. The Kier molecular flexibility index (Phi) is 3.67. The number of nitrogens with one attached hydrogen (secondary N) is 1. The Morgan fingerprint density at radius 3 is 2.62 bits per heavy atom. The van der Waals surface area contributed by atoms with Crippen LogP contribution in [-0.4, -0.2) is 19.5 Å². The number of aromatic nitrogens is 4. The molecular weight excluding hydrogens is 298 g/mol. The van der Waals surface area contributed by atoms with E-state index in [1.807, 2.05) is 37.5 Å². The smallest absolute Gasteiger partial charge is 0.132 e. The van der Waals surface area contributed by atoms with Crippen LogP contribution in [0.3, 0.4) is 0 Å². The van der Waals surface area contributed by atoms with Crippen LogP contribution in [0.15, 0.2) is 67.1 Å². The molecule has 0 atom stereocenters. The SMILES string of the molecule is Cn1c(Cc2ccccc2)nc2cnc(Nc3ccncc3)cc21. The van der Waals surface area contributed by atoms with Crippen molar-refractivity contribution < 1.29 is 0 Å². The minimum absolute atomic E-state index is 0.794. The number of hydrogen-bond acceptors (Lipinski definition) is 4. The van der Waals surface area contributed by atoms with Crippen LogP contribution in [0.2, 0.25) is 0 Å². The van der Waals surface area contributed by atoms with Crippen molar-refractivity contribution >= 4 is 22.5 Å². The molecule has 4 aromatic rings. The topological polar surface area (TPSA) is 55.6 Å². The molecule has 0 saturated carbocycles. The largest absolute Gasteiger partial charge is 0.340 e. The van der Waals surface area contributed by atoms with Gasteiger partial charge in [0.2, 0.25) is 0 Å². The summed E-state index contributed by atoms with van der Waals surface area (Å²) in [6.45, 7) is 0. The average molecular weight is 315 g/mol. The van der Waals surface area contributed by atoms with Crippen LogP contribution in [0, 0.1) is 0 Å². The van der Waals surface area contributed by atoms with E-state index >= 15 is 0 Å². The molecule has 3 heterocycles. The fraction of sp³-hybridized carbons (Fsp3) is 0.105. The quantitative estimate of drug-likeness (QED) is 0.624. The Morgan fingerprint density at radius 2 is 1.83 bits per heavy atom. The zero-order chi connectivity index (χ0) is 16.4. The fourth-order valence-corrected chi connectivity index (χ4v) is 2.73. The lowest BCUT2D eigenvalue weighted by Crippen LogP contribution is -1.99. The standard InChI is InChI=1S/C19H17N5/c1-24-17-12-18(22-15-7-9-20-10-8-15)21-13-16(17)23-19(24)11-14-5-3-2-4-6-14/h2-10,12-13H,11H2,1H3,(H,20,21,22). The maximum absolute atomic E-state index is 4.72. The molecule has 0 unspecified atom stereocenters. The molecular formula is C19H17N5. The molecule has 0 radical (unpaired) electrons. The van der Waals surface area contributed by atoms with E-state index in [-0.39, 0.29) is 0 Å². The van der Waals surface area contributed by atoms with Crippen LogP contribution in [0.4, 0.5) is 11.5 Å². The second-order valence-electron chi connectivity index (χ2n) is 5.67. The van der Waals surface area contributed by atoms with Crippen molar-refractivity contribution in [2.75, 3.05) is 5.32 Å². The Morgan fingerprint density at radius 1 is 1.04 bits per heavy atom. The number of anilines is 2. The molecule has 5 nitrogen and oxygen atoms in total. The fourth-order valence-electron chi connectivity index (χ4n) is 2.73. The van der Waals surface area contributed by atoms with Gasteiger partial charge in [-0.15, -0.1) is 0 Å². The minimum Gasteiger partial charge on any atom is -0.340 e. The summed E-state index contributed by atoms with van der Waals surface area (Å²) < 4.78 is 2.13. The monoisotopic (exact) mass is 315 g/mol. The zero-order valence-corrected chi connectivity index (χ0v) is 13.3. The van der Waals surface area contributed by atoms with Crippen molar-refractivity contribution in [2.45, 2.75) is 6.42 Å². The zero-order valence-electron chi connectivity index (χ0n) is 13.3. The number of pyridine rings is 2. The van der Waals surface area contributed by atoms with Crippen LogP contribution in [0.5, 0.6) is 0 Å². The third-order valence-corrected chi connectivity index (χ3v) is 4.02. The van der Waals surface area contributed by atoms with Gasteiger partial charge >= 0.3 is 0 Å². The van der Waals surface area contributed by atoms with Crippen molar-refractivity contribution in [1.29, 1.82) is 0 Å². The molecule has 0 aliphatic rings. The highest BCUT2D eigenvalue weighted by Gasteiger charge is 2.10. The molecule has 24 heavy (non-hydrogen) atoms. The van der Waals surface area contributed by atoms with Gasteiger partial charge in [-0.2, -0.15) is 0 Å². The van der Waals surface area contributed by atoms with Crippen molar-refractivity contribution in [3.63, 3.8) is 0 Å².